The molecule has 3 rings (SSSR count). The molecule has 1 N–H and O–H groups in total. The summed E-state index contributed by atoms with van der Waals surface area (Å²) in [5.74, 6) is -0.827. The Bertz CT molecular complexity index is 816. The van der Waals surface area contributed by atoms with Crippen LogP contribution >= 0.6 is 0 Å². The van der Waals surface area contributed by atoms with Crippen LogP contribution in [-0.2, 0) is 21.3 Å². The molecule has 2 heterocycles. The van der Waals surface area contributed by atoms with Gasteiger partial charge in [0.15, 0.2) is 5.69 Å². The zero-order valence-electron chi connectivity index (χ0n) is 14.6. The molecule has 8 heteroatoms. The van der Waals surface area contributed by atoms with Gasteiger partial charge in [0.05, 0.1) is 19.0 Å². The lowest BCUT2D eigenvalue weighted by atomic mass is 9.92. The monoisotopic (exact) mass is 356 g/mol. The number of benzene rings is 1. The molecule has 0 bridgehead atoms. The summed E-state index contributed by atoms with van der Waals surface area (Å²) >= 11 is 0. The highest BCUT2D eigenvalue weighted by atomic mass is 16.5. The maximum atomic E-state index is 12.4. The number of ether oxygens (including phenoxy) is 2. The Morgan fingerprint density at radius 1 is 1.38 bits per heavy atom. The van der Waals surface area contributed by atoms with Crippen molar-refractivity contribution in [2.24, 2.45) is 12.1 Å². The number of carbonyl (C=O) groups excluding carboxylic acids is 2. The predicted octanol–water partition coefficient (Wildman–Crippen LogP) is 1.23. The molecular formula is C18H20N4O4. The molecule has 8 nitrogen and oxygen atoms in total. The van der Waals surface area contributed by atoms with Crippen LogP contribution in [0.5, 0.6) is 0 Å². The van der Waals surface area contributed by atoms with E-state index in [2.05, 4.69) is 20.4 Å². The van der Waals surface area contributed by atoms with Gasteiger partial charge in [0.2, 0.25) is 0 Å². The zero-order valence-corrected chi connectivity index (χ0v) is 14.6. The van der Waals surface area contributed by atoms with Crippen LogP contribution in [0, 0.1) is 0 Å². The van der Waals surface area contributed by atoms with Crippen molar-refractivity contribution in [2.75, 3.05) is 13.7 Å². The second-order valence-corrected chi connectivity index (χ2v) is 5.90. The summed E-state index contributed by atoms with van der Waals surface area (Å²) in [7, 11) is 2.96. The van der Waals surface area contributed by atoms with Crippen LogP contribution in [0.1, 0.15) is 34.1 Å². The van der Waals surface area contributed by atoms with Crippen LogP contribution in [0.4, 0.5) is 0 Å². The summed E-state index contributed by atoms with van der Waals surface area (Å²) in [6.07, 6.45) is 1.63. The van der Waals surface area contributed by atoms with Crippen molar-refractivity contribution in [3.8, 4) is 0 Å². The highest BCUT2D eigenvalue weighted by molar-refractivity contribution is 5.90. The van der Waals surface area contributed by atoms with Gasteiger partial charge in [-0.25, -0.2) is 10.2 Å². The highest BCUT2D eigenvalue weighted by Gasteiger charge is 2.35. The number of hydrogen-bond acceptors (Lipinski definition) is 6. The van der Waals surface area contributed by atoms with Gasteiger partial charge in [0.1, 0.15) is 6.10 Å². The van der Waals surface area contributed by atoms with Gasteiger partial charge in [0.25, 0.3) is 5.91 Å². The van der Waals surface area contributed by atoms with Crippen LogP contribution in [0.2, 0.25) is 0 Å². The molecule has 0 radical (unpaired) electrons. The number of amides is 1. The van der Waals surface area contributed by atoms with Crippen LogP contribution in [0.25, 0.3) is 0 Å². The molecule has 0 aliphatic carbocycles. The fourth-order valence-corrected chi connectivity index (χ4v) is 2.92. The highest BCUT2D eigenvalue weighted by Crippen LogP contribution is 2.31. The van der Waals surface area contributed by atoms with E-state index in [1.165, 1.54) is 24.1 Å². The van der Waals surface area contributed by atoms with E-state index in [1.54, 1.807) is 7.05 Å². The molecule has 1 aromatic carbocycles. The Labute approximate surface area is 150 Å². The van der Waals surface area contributed by atoms with Crippen LogP contribution < -0.4 is 5.43 Å². The van der Waals surface area contributed by atoms with E-state index in [1.807, 2.05) is 30.3 Å². The van der Waals surface area contributed by atoms with Gasteiger partial charge in [-0.3, -0.25) is 9.48 Å². The molecule has 2 aromatic rings. The Morgan fingerprint density at radius 3 is 2.88 bits per heavy atom. The van der Waals surface area contributed by atoms with Crippen molar-refractivity contribution >= 4 is 18.1 Å². The summed E-state index contributed by atoms with van der Waals surface area (Å²) in [5, 5.41) is 7.98. The number of methoxy groups -OCH3 is 1. The number of rotatable bonds is 5. The summed E-state index contributed by atoms with van der Waals surface area (Å²) in [6.45, 7) is 0.533. The first-order chi connectivity index (χ1) is 12.6. The van der Waals surface area contributed by atoms with Crippen molar-refractivity contribution in [1.82, 2.24) is 15.2 Å². The number of aryl methyl sites for hydroxylation is 1. The molecule has 1 fully saturated rings. The van der Waals surface area contributed by atoms with Gasteiger partial charge in [-0.05, 0) is 18.1 Å². The zero-order chi connectivity index (χ0) is 18.5. The minimum Gasteiger partial charge on any atom is -0.464 e. The van der Waals surface area contributed by atoms with Crippen LogP contribution in [0.3, 0.4) is 0 Å². The maximum absolute atomic E-state index is 12.4. The van der Waals surface area contributed by atoms with Crippen molar-refractivity contribution in [3.63, 3.8) is 0 Å². The summed E-state index contributed by atoms with van der Waals surface area (Å²) in [5.41, 5.74) is 4.30. The normalized spacial score (nSPS) is 19.6. The van der Waals surface area contributed by atoms with Gasteiger partial charge in [-0.15, -0.1) is 0 Å². The third-order valence-corrected chi connectivity index (χ3v) is 4.26. The average Bonchev–Trinajstić information content (AvgIpc) is 3.29. The van der Waals surface area contributed by atoms with Gasteiger partial charge in [-0.2, -0.15) is 10.2 Å². The van der Waals surface area contributed by atoms with Crippen LogP contribution in [0.15, 0.2) is 41.5 Å². The molecule has 2 atom stereocenters. The standard InChI is InChI=1S/C18H20N4O4/c1-22-13(10-15(21-22)18(24)25-2)11-19-20-17(23)16-14(8-9-26-16)12-6-4-3-5-7-12/h3-7,10-11,14,16H,8-9H2,1-2H3,(H,20,23)/b19-11+/t14-,16-/m1/s1. The van der Waals surface area contributed by atoms with E-state index in [4.69, 9.17) is 4.74 Å². The van der Waals surface area contributed by atoms with Gasteiger partial charge in [0, 0.05) is 19.6 Å². The Hall–Kier alpha value is -3.00. The van der Waals surface area contributed by atoms with Gasteiger partial charge in [-0.1, -0.05) is 30.3 Å². The number of nitrogens with zero attached hydrogens (tertiary/aromatic N) is 3. The van der Waals surface area contributed by atoms with Crippen molar-refractivity contribution < 1.29 is 19.1 Å². The topological polar surface area (TPSA) is 94.8 Å². The van der Waals surface area contributed by atoms with Crippen LogP contribution in [-0.4, -0.2) is 47.7 Å². The van der Waals surface area contributed by atoms with E-state index < -0.39 is 12.1 Å². The molecule has 26 heavy (non-hydrogen) atoms. The minimum absolute atomic E-state index is 0.00836. The summed E-state index contributed by atoms with van der Waals surface area (Å²) in [6, 6.07) is 11.3. The maximum Gasteiger partial charge on any atom is 0.358 e. The quantitative estimate of drug-likeness (QED) is 0.494. The van der Waals surface area contributed by atoms with E-state index in [-0.39, 0.29) is 17.5 Å². The van der Waals surface area contributed by atoms with Crippen molar-refractivity contribution in [2.45, 2.75) is 18.4 Å². The fraction of sp³-hybridized carbons (Fsp3) is 0.333. The lowest BCUT2D eigenvalue weighted by Gasteiger charge is -2.16. The first-order valence-electron chi connectivity index (χ1n) is 8.22. The molecule has 1 saturated heterocycles. The first-order valence-corrected chi connectivity index (χ1v) is 8.22. The van der Waals surface area contributed by atoms with E-state index >= 15 is 0 Å². The molecule has 0 unspecified atom stereocenters. The van der Waals surface area contributed by atoms with E-state index in [0.29, 0.717) is 12.3 Å². The lowest BCUT2D eigenvalue weighted by molar-refractivity contribution is -0.130. The lowest BCUT2D eigenvalue weighted by Crippen LogP contribution is -2.34. The minimum atomic E-state index is -0.577. The second kappa shape index (κ2) is 7.92. The number of esters is 1. The Morgan fingerprint density at radius 2 is 2.15 bits per heavy atom. The number of hydrazone groups is 1. The SMILES string of the molecule is COC(=O)c1cc(/C=N/NC(=O)[C@@H]2OCC[C@@H]2c2ccccc2)n(C)n1. The second-order valence-electron chi connectivity index (χ2n) is 5.90. The largest absolute Gasteiger partial charge is 0.464 e. The van der Waals surface area contributed by atoms with Crippen molar-refractivity contribution in [3.05, 3.63) is 53.3 Å². The molecular weight excluding hydrogens is 336 g/mol. The fourth-order valence-electron chi connectivity index (χ4n) is 2.92. The molecule has 0 saturated carbocycles. The Kier molecular flexibility index (Phi) is 5.43. The molecule has 136 valence electrons. The molecule has 1 aromatic heterocycles. The third kappa shape index (κ3) is 3.80. The number of carbonyl (C=O) groups is 2. The number of nitrogens with one attached hydrogen (secondary N) is 1. The Balaban J connectivity index is 1.64. The van der Waals surface area contributed by atoms with Crippen molar-refractivity contribution in [1.29, 1.82) is 0 Å². The van der Waals surface area contributed by atoms with Gasteiger partial charge < -0.3 is 9.47 Å². The molecule has 0 spiro atoms. The number of aromatic nitrogens is 2. The smallest absolute Gasteiger partial charge is 0.358 e. The van der Waals surface area contributed by atoms with Gasteiger partial charge >= 0.3 is 5.97 Å². The third-order valence-electron chi connectivity index (χ3n) is 4.26. The van der Waals surface area contributed by atoms with E-state index in [9.17, 15) is 9.59 Å². The molecule has 1 aliphatic heterocycles. The first kappa shape index (κ1) is 17.8. The summed E-state index contributed by atoms with van der Waals surface area (Å²) < 4.78 is 11.7. The molecule has 1 amide bonds. The van der Waals surface area contributed by atoms with E-state index in [0.717, 1.165) is 12.0 Å². The number of hydrogen-bond donors (Lipinski definition) is 1. The predicted molar refractivity (Wildman–Crippen MR) is 93.8 cm³/mol. The summed E-state index contributed by atoms with van der Waals surface area (Å²) in [4.78, 5) is 23.9. The molecule has 1 aliphatic rings. The average molecular weight is 356 g/mol.